The average molecular weight is 939 g/mol. The Morgan fingerprint density at radius 2 is 1.46 bits per heavy atom. The second-order valence-corrected chi connectivity index (χ2v) is 18.7. The number of carbonyl (C=O) groups excluding carboxylic acids is 7. The van der Waals surface area contributed by atoms with Crippen molar-refractivity contribution >= 4 is 41.5 Å². The predicted octanol–water partition coefficient (Wildman–Crippen LogP) is 4.03. The molecule has 3 aliphatic carbocycles. The van der Waals surface area contributed by atoms with Crippen molar-refractivity contribution in [2.24, 2.45) is 22.5 Å². The standard InChI is InChI=1S/C51H58N2O15/c1-28-34(65-47(61)41(66-37(57)23-16-24-52)39(31-17-10-7-11-18-31)53-45(59)32-19-12-8-13-20-32)26-51(62)44(67-46(60)33-21-14-9-15-22-33)42-49(6,35(56)25-36-50(42,27-63-36)68-30(3)55)43(58)40(64-29(2)54)38(28)48(51,4)5/h7-15,17-22,34-36,39-42,44,56,62H,16,23-27,52H2,1-6H3,(H,53,59)/t34-,35-,36+,39-,40?,41+,42-,44-,49?,50-,51+/m0/s1. The van der Waals surface area contributed by atoms with E-state index in [4.69, 9.17) is 34.2 Å². The fourth-order valence-electron chi connectivity index (χ4n) is 10.7. The molecule has 2 saturated carbocycles. The van der Waals surface area contributed by atoms with Crippen LogP contribution in [0.5, 0.6) is 0 Å². The van der Waals surface area contributed by atoms with Gasteiger partial charge in [-0.25, -0.2) is 9.59 Å². The van der Waals surface area contributed by atoms with E-state index in [0.717, 1.165) is 13.8 Å². The molecule has 17 heteroatoms. The van der Waals surface area contributed by atoms with Crippen molar-refractivity contribution in [3.8, 4) is 0 Å². The number of nitrogens with two attached hydrogens (primary N) is 1. The number of hydrogen-bond donors (Lipinski definition) is 4. The molecule has 11 atom stereocenters. The highest BCUT2D eigenvalue weighted by atomic mass is 16.6. The summed E-state index contributed by atoms with van der Waals surface area (Å²) in [6, 6.07) is 22.9. The number of benzene rings is 3. The number of rotatable bonds is 14. The molecular weight excluding hydrogens is 881 g/mol. The molecule has 68 heavy (non-hydrogen) atoms. The zero-order chi connectivity index (χ0) is 49.3. The number of nitrogens with one attached hydrogen (secondary N) is 1. The van der Waals surface area contributed by atoms with Crippen molar-refractivity contribution in [2.75, 3.05) is 13.2 Å². The van der Waals surface area contributed by atoms with Gasteiger partial charge < -0.3 is 49.7 Å². The SMILES string of the molecule is CC(=O)OC1C(=O)C2(C)[C@@H](O)C[C@H]3OC[C@@]3(OC(C)=O)[C@H]2[C@H](OC(=O)c2ccccc2)[C@]2(O)C[C@H](OC(=O)[C@H](OC(=O)CCCN)[C@@H](NC(=O)c3ccccc3)c3ccccc3)C(C)=C1C2(C)C. The summed E-state index contributed by atoms with van der Waals surface area (Å²) < 4.78 is 36.6. The summed E-state index contributed by atoms with van der Waals surface area (Å²) in [5.74, 6) is -7.78. The van der Waals surface area contributed by atoms with Crippen LogP contribution in [0.2, 0.25) is 0 Å². The van der Waals surface area contributed by atoms with Crippen LogP contribution < -0.4 is 11.1 Å². The minimum atomic E-state index is -2.44. The van der Waals surface area contributed by atoms with Crippen molar-refractivity contribution in [1.29, 1.82) is 0 Å². The van der Waals surface area contributed by atoms with Gasteiger partial charge in [0, 0.05) is 44.1 Å². The van der Waals surface area contributed by atoms with E-state index in [1.165, 1.54) is 26.0 Å². The summed E-state index contributed by atoms with van der Waals surface area (Å²) >= 11 is 0. The Morgan fingerprint density at radius 1 is 0.853 bits per heavy atom. The number of aliphatic hydroxyl groups excluding tert-OH is 1. The lowest BCUT2D eigenvalue weighted by Gasteiger charge is -2.67. The van der Waals surface area contributed by atoms with Gasteiger partial charge in [-0.15, -0.1) is 0 Å². The Balaban J connectivity index is 1.42. The summed E-state index contributed by atoms with van der Waals surface area (Å²) in [7, 11) is 0. The fourth-order valence-corrected chi connectivity index (χ4v) is 10.7. The van der Waals surface area contributed by atoms with Crippen molar-refractivity contribution < 1.29 is 72.2 Å². The van der Waals surface area contributed by atoms with Crippen LogP contribution in [-0.4, -0.2) is 113 Å². The van der Waals surface area contributed by atoms with E-state index < -0.39 is 119 Å². The average Bonchev–Trinajstić information content (AvgIpc) is 3.30. The van der Waals surface area contributed by atoms with Gasteiger partial charge in [0.05, 0.1) is 29.6 Å². The van der Waals surface area contributed by atoms with E-state index >= 15 is 9.59 Å². The number of fused-ring (bicyclic) bond motifs is 5. The van der Waals surface area contributed by atoms with Gasteiger partial charge in [0.25, 0.3) is 5.91 Å². The Labute approximate surface area is 393 Å². The fraction of sp³-hybridized carbons (Fsp3) is 0.471. The number of aliphatic hydroxyl groups is 2. The van der Waals surface area contributed by atoms with Crippen LogP contribution in [0, 0.1) is 16.7 Å². The van der Waals surface area contributed by atoms with Crippen molar-refractivity contribution in [3.05, 3.63) is 119 Å². The van der Waals surface area contributed by atoms with Gasteiger partial charge in [0.2, 0.25) is 6.10 Å². The lowest BCUT2D eigenvalue weighted by Crippen LogP contribution is -2.82. The third-order valence-corrected chi connectivity index (χ3v) is 14.3. The zero-order valence-electron chi connectivity index (χ0n) is 38.8. The van der Waals surface area contributed by atoms with Crippen LogP contribution in [0.25, 0.3) is 0 Å². The minimum absolute atomic E-state index is 0.0288. The molecule has 1 heterocycles. The number of ether oxygens (including phenoxy) is 6. The second kappa shape index (κ2) is 19.4. The van der Waals surface area contributed by atoms with Crippen LogP contribution in [0.15, 0.2) is 102 Å². The quantitative estimate of drug-likeness (QED) is 0.101. The van der Waals surface area contributed by atoms with E-state index in [9.17, 15) is 34.2 Å². The molecule has 17 nitrogen and oxygen atoms in total. The number of esters is 5. The lowest BCUT2D eigenvalue weighted by molar-refractivity contribution is -0.346. The monoisotopic (exact) mass is 938 g/mol. The van der Waals surface area contributed by atoms with Gasteiger partial charge in [-0.3, -0.25) is 24.0 Å². The van der Waals surface area contributed by atoms with Gasteiger partial charge in [0.1, 0.15) is 30.0 Å². The Morgan fingerprint density at radius 3 is 2.01 bits per heavy atom. The normalized spacial score (nSPS) is 30.0. The van der Waals surface area contributed by atoms with Crippen molar-refractivity contribution in [3.63, 3.8) is 0 Å². The molecule has 0 spiro atoms. The third kappa shape index (κ3) is 8.83. The molecule has 7 rings (SSSR count). The molecule has 5 N–H and O–H groups in total. The summed E-state index contributed by atoms with van der Waals surface area (Å²) in [5.41, 5.74) is -1.59. The maximum Gasteiger partial charge on any atom is 0.350 e. The summed E-state index contributed by atoms with van der Waals surface area (Å²) in [6.45, 7) is 8.04. The maximum absolute atomic E-state index is 15.7. The van der Waals surface area contributed by atoms with Gasteiger partial charge in [0.15, 0.2) is 17.5 Å². The highest BCUT2D eigenvalue weighted by Gasteiger charge is 2.78. The number of hydrogen-bond acceptors (Lipinski definition) is 16. The number of carbonyl (C=O) groups is 7. The summed E-state index contributed by atoms with van der Waals surface area (Å²) in [6.07, 6.45) is -10.6. The molecule has 4 aliphatic rings. The third-order valence-electron chi connectivity index (χ3n) is 14.3. The molecule has 3 aromatic rings. The van der Waals surface area contributed by atoms with E-state index in [-0.39, 0.29) is 54.7 Å². The molecule has 3 fully saturated rings. The first kappa shape index (κ1) is 49.6. The Kier molecular flexibility index (Phi) is 14.1. The molecule has 1 saturated heterocycles. The van der Waals surface area contributed by atoms with Crippen LogP contribution in [0.3, 0.4) is 0 Å². The molecule has 2 bridgehead atoms. The van der Waals surface area contributed by atoms with E-state index in [2.05, 4.69) is 5.32 Å². The highest BCUT2D eigenvalue weighted by Crippen LogP contribution is 2.64. The number of Topliss-reactive ketones (excluding diaryl/α,β-unsaturated/α-hetero) is 1. The van der Waals surface area contributed by atoms with Crippen molar-refractivity contribution in [1.82, 2.24) is 5.32 Å². The van der Waals surface area contributed by atoms with Crippen LogP contribution in [0.1, 0.15) is 99.5 Å². The Bertz CT molecular complexity index is 2460. The van der Waals surface area contributed by atoms with Crippen LogP contribution in [-0.2, 0) is 52.4 Å². The first-order valence-corrected chi connectivity index (χ1v) is 22.6. The molecule has 362 valence electrons. The predicted molar refractivity (Wildman–Crippen MR) is 240 cm³/mol. The maximum atomic E-state index is 15.7. The number of ketones is 1. The molecule has 1 amide bonds. The molecule has 0 aromatic heterocycles. The van der Waals surface area contributed by atoms with Crippen LogP contribution >= 0.6 is 0 Å². The van der Waals surface area contributed by atoms with E-state index in [0.29, 0.717) is 5.56 Å². The molecule has 0 radical (unpaired) electrons. The first-order valence-electron chi connectivity index (χ1n) is 22.6. The zero-order valence-corrected chi connectivity index (χ0v) is 38.8. The largest absolute Gasteiger partial charge is 0.455 e. The van der Waals surface area contributed by atoms with Gasteiger partial charge in [-0.1, -0.05) is 80.6 Å². The molecule has 2 unspecified atom stereocenters. The van der Waals surface area contributed by atoms with Gasteiger partial charge >= 0.3 is 29.8 Å². The summed E-state index contributed by atoms with van der Waals surface area (Å²) in [5, 5.41) is 28.9. The van der Waals surface area contributed by atoms with Gasteiger partial charge in [-0.2, -0.15) is 0 Å². The second-order valence-electron chi connectivity index (χ2n) is 18.7. The van der Waals surface area contributed by atoms with Crippen LogP contribution in [0.4, 0.5) is 0 Å². The van der Waals surface area contributed by atoms with Gasteiger partial charge in [-0.05, 0) is 67.8 Å². The molecular formula is C51H58N2O15. The van der Waals surface area contributed by atoms with E-state index in [1.54, 1.807) is 92.7 Å². The first-order chi connectivity index (χ1) is 32.2. The highest BCUT2D eigenvalue weighted by molar-refractivity contribution is 5.96. The number of amides is 1. The lowest BCUT2D eigenvalue weighted by atomic mass is 9.44. The van der Waals surface area contributed by atoms with E-state index in [1.807, 2.05) is 0 Å². The van der Waals surface area contributed by atoms with Crippen molar-refractivity contribution in [2.45, 2.75) is 121 Å². The topological polar surface area (TPSA) is 253 Å². The Hall–Kier alpha value is -6.27. The smallest absolute Gasteiger partial charge is 0.350 e. The summed E-state index contributed by atoms with van der Waals surface area (Å²) in [4.78, 5) is 98.7. The molecule has 3 aromatic carbocycles. The minimum Gasteiger partial charge on any atom is -0.455 e. The molecule has 1 aliphatic heterocycles.